The number of hydrogen-bond acceptors (Lipinski definition) is 3. The Bertz CT molecular complexity index is 760. The van der Waals surface area contributed by atoms with Crippen LogP contribution in [0.5, 0.6) is 0 Å². The van der Waals surface area contributed by atoms with Crippen molar-refractivity contribution in [2.75, 3.05) is 0 Å². The van der Waals surface area contributed by atoms with Crippen LogP contribution in [0.3, 0.4) is 0 Å². The van der Waals surface area contributed by atoms with Crippen LogP contribution in [0.25, 0.3) is 0 Å². The highest BCUT2D eigenvalue weighted by Gasteiger charge is 2.19. The zero-order valence-electron chi connectivity index (χ0n) is 11.8. The molecule has 1 aliphatic carbocycles. The minimum absolute atomic E-state index is 0.0392. The van der Waals surface area contributed by atoms with Gasteiger partial charge in [0.15, 0.2) is 0 Å². The number of aromatic carboxylic acids is 1. The monoisotopic (exact) mass is 284 g/mol. The van der Waals surface area contributed by atoms with Crippen LogP contribution < -0.4 is 5.56 Å². The molecule has 0 saturated carbocycles. The average molecular weight is 284 g/mol. The first-order valence-corrected chi connectivity index (χ1v) is 6.97. The van der Waals surface area contributed by atoms with E-state index in [1.165, 1.54) is 0 Å². The normalized spacial score (nSPS) is 13.2. The molecule has 0 aliphatic heterocycles. The topological polar surface area (TPSA) is 72.2 Å². The third-order valence-corrected chi connectivity index (χ3v) is 3.92. The van der Waals surface area contributed by atoms with Crippen LogP contribution in [-0.2, 0) is 19.4 Å². The molecule has 0 amide bonds. The third kappa shape index (κ3) is 2.46. The summed E-state index contributed by atoms with van der Waals surface area (Å²) in [6, 6.07) is 6.59. The summed E-state index contributed by atoms with van der Waals surface area (Å²) in [5.74, 6) is -0.239. The fourth-order valence-electron chi connectivity index (χ4n) is 2.77. The lowest BCUT2D eigenvalue weighted by Gasteiger charge is -2.12. The Morgan fingerprint density at radius 3 is 2.67 bits per heavy atom. The maximum atomic E-state index is 12.5. The first-order chi connectivity index (χ1) is 10.1. The van der Waals surface area contributed by atoms with Crippen molar-refractivity contribution in [2.45, 2.75) is 32.7 Å². The van der Waals surface area contributed by atoms with E-state index in [2.05, 4.69) is 4.98 Å². The predicted molar refractivity (Wildman–Crippen MR) is 77.8 cm³/mol. The van der Waals surface area contributed by atoms with E-state index < -0.39 is 5.97 Å². The Morgan fingerprint density at radius 1 is 1.29 bits per heavy atom. The fourth-order valence-corrected chi connectivity index (χ4v) is 2.77. The molecule has 21 heavy (non-hydrogen) atoms. The van der Waals surface area contributed by atoms with Crippen molar-refractivity contribution in [3.8, 4) is 0 Å². The second-order valence-electron chi connectivity index (χ2n) is 5.33. The molecule has 0 bridgehead atoms. The van der Waals surface area contributed by atoms with E-state index in [4.69, 9.17) is 5.11 Å². The molecule has 1 aromatic heterocycles. The minimum Gasteiger partial charge on any atom is -0.478 e. The summed E-state index contributed by atoms with van der Waals surface area (Å²) in [6.07, 6.45) is 2.69. The number of rotatable bonds is 3. The first-order valence-electron chi connectivity index (χ1n) is 6.97. The lowest BCUT2D eigenvalue weighted by molar-refractivity contribution is 0.0697. The second kappa shape index (κ2) is 5.16. The Kier molecular flexibility index (Phi) is 3.33. The molecule has 0 saturated heterocycles. The van der Waals surface area contributed by atoms with Gasteiger partial charge >= 0.3 is 5.97 Å². The first kappa shape index (κ1) is 13.5. The van der Waals surface area contributed by atoms with Gasteiger partial charge in [0.25, 0.3) is 5.56 Å². The highest BCUT2D eigenvalue weighted by Crippen LogP contribution is 2.17. The maximum Gasteiger partial charge on any atom is 0.335 e. The summed E-state index contributed by atoms with van der Waals surface area (Å²) in [5.41, 5.74) is 2.95. The number of aryl methyl sites for hydroxylation is 2. The maximum absolute atomic E-state index is 12.5. The van der Waals surface area contributed by atoms with Gasteiger partial charge in [0.1, 0.15) is 5.82 Å². The number of nitrogens with zero attached hydrogens (tertiary/aromatic N) is 2. The molecule has 1 heterocycles. The van der Waals surface area contributed by atoms with Crippen LogP contribution in [0.2, 0.25) is 0 Å². The van der Waals surface area contributed by atoms with Gasteiger partial charge in [-0.2, -0.15) is 0 Å². The lowest BCUT2D eigenvalue weighted by atomic mass is 10.1. The lowest BCUT2D eigenvalue weighted by Crippen LogP contribution is -2.27. The summed E-state index contributed by atoms with van der Waals surface area (Å²) < 4.78 is 1.67. The van der Waals surface area contributed by atoms with Crippen molar-refractivity contribution in [3.63, 3.8) is 0 Å². The van der Waals surface area contributed by atoms with Crippen molar-refractivity contribution in [3.05, 3.63) is 62.8 Å². The average Bonchev–Trinajstić information content (AvgIpc) is 2.92. The molecule has 108 valence electrons. The number of aromatic nitrogens is 2. The molecular formula is C16H16N2O3. The van der Waals surface area contributed by atoms with Crippen LogP contribution in [-0.4, -0.2) is 20.6 Å². The van der Waals surface area contributed by atoms with Gasteiger partial charge in [0, 0.05) is 5.56 Å². The molecule has 0 radical (unpaired) electrons. The van der Waals surface area contributed by atoms with E-state index in [9.17, 15) is 9.59 Å². The van der Waals surface area contributed by atoms with Gasteiger partial charge in [-0.3, -0.25) is 9.36 Å². The fraction of sp³-hybridized carbons (Fsp3) is 0.312. The summed E-state index contributed by atoms with van der Waals surface area (Å²) >= 11 is 0. The van der Waals surface area contributed by atoms with Crippen molar-refractivity contribution >= 4 is 5.97 Å². The van der Waals surface area contributed by atoms with Crippen molar-refractivity contribution in [1.29, 1.82) is 0 Å². The number of carboxylic acid groups (broad SMARTS) is 1. The van der Waals surface area contributed by atoms with Gasteiger partial charge in [-0.1, -0.05) is 12.1 Å². The van der Waals surface area contributed by atoms with E-state index in [1.54, 1.807) is 28.8 Å². The van der Waals surface area contributed by atoms with Crippen LogP contribution >= 0.6 is 0 Å². The minimum atomic E-state index is -0.950. The second-order valence-corrected chi connectivity index (χ2v) is 5.33. The molecule has 2 aromatic rings. The molecule has 1 aliphatic rings. The number of carbonyl (C=O) groups is 1. The number of benzene rings is 1. The largest absolute Gasteiger partial charge is 0.478 e. The number of fused-ring (bicyclic) bond motifs is 1. The standard InChI is InChI=1S/C16H16N2O3/c1-10-17-14-4-2-3-13(14)15(19)18(10)9-11-5-7-12(8-6-11)16(20)21/h5-8H,2-4,9H2,1H3,(H,20,21). The van der Waals surface area contributed by atoms with Gasteiger partial charge in [-0.15, -0.1) is 0 Å². The predicted octanol–water partition coefficient (Wildman–Crippen LogP) is 1.79. The Labute approximate surface area is 121 Å². The highest BCUT2D eigenvalue weighted by atomic mass is 16.4. The SMILES string of the molecule is Cc1nc2c(c(=O)n1Cc1ccc(C(=O)O)cc1)CCC2. The van der Waals surface area contributed by atoms with Gasteiger partial charge < -0.3 is 5.11 Å². The van der Waals surface area contributed by atoms with Crippen LogP contribution in [0.15, 0.2) is 29.1 Å². The molecular weight excluding hydrogens is 268 g/mol. The van der Waals surface area contributed by atoms with Gasteiger partial charge in [-0.05, 0) is 43.9 Å². The van der Waals surface area contributed by atoms with Gasteiger partial charge in [0.05, 0.1) is 17.8 Å². The number of carboxylic acids is 1. The molecule has 1 aromatic carbocycles. The molecule has 5 heteroatoms. The van der Waals surface area contributed by atoms with Crippen LogP contribution in [0.4, 0.5) is 0 Å². The van der Waals surface area contributed by atoms with E-state index in [-0.39, 0.29) is 11.1 Å². The number of hydrogen-bond donors (Lipinski definition) is 1. The van der Waals surface area contributed by atoms with Crippen molar-refractivity contribution in [1.82, 2.24) is 9.55 Å². The van der Waals surface area contributed by atoms with Crippen molar-refractivity contribution < 1.29 is 9.90 Å². The van der Waals surface area contributed by atoms with Gasteiger partial charge in [-0.25, -0.2) is 9.78 Å². The summed E-state index contributed by atoms with van der Waals surface area (Å²) in [7, 11) is 0. The molecule has 0 unspecified atom stereocenters. The van der Waals surface area contributed by atoms with Crippen LogP contribution in [0, 0.1) is 6.92 Å². The molecule has 3 rings (SSSR count). The van der Waals surface area contributed by atoms with E-state index in [0.717, 1.165) is 36.1 Å². The van der Waals surface area contributed by atoms with Gasteiger partial charge in [0.2, 0.25) is 0 Å². The smallest absolute Gasteiger partial charge is 0.335 e. The molecule has 5 nitrogen and oxygen atoms in total. The van der Waals surface area contributed by atoms with E-state index in [1.807, 2.05) is 6.92 Å². The molecule has 1 N–H and O–H groups in total. The summed E-state index contributed by atoms with van der Waals surface area (Å²) in [5, 5.41) is 8.89. The highest BCUT2D eigenvalue weighted by molar-refractivity contribution is 5.87. The van der Waals surface area contributed by atoms with Crippen LogP contribution in [0.1, 0.15) is 39.4 Å². The Balaban J connectivity index is 1.95. The Morgan fingerprint density at radius 2 is 2.00 bits per heavy atom. The zero-order chi connectivity index (χ0) is 15.0. The zero-order valence-corrected chi connectivity index (χ0v) is 11.8. The van der Waals surface area contributed by atoms with E-state index in [0.29, 0.717) is 12.4 Å². The summed E-state index contributed by atoms with van der Waals surface area (Å²) in [6.45, 7) is 2.26. The Hall–Kier alpha value is -2.43. The quantitative estimate of drug-likeness (QED) is 0.932. The van der Waals surface area contributed by atoms with E-state index >= 15 is 0 Å². The molecule has 0 spiro atoms. The third-order valence-electron chi connectivity index (χ3n) is 3.92. The summed E-state index contributed by atoms with van der Waals surface area (Å²) in [4.78, 5) is 27.9. The van der Waals surface area contributed by atoms with Crippen molar-refractivity contribution in [2.24, 2.45) is 0 Å². The molecule has 0 fully saturated rings. The molecule has 0 atom stereocenters.